The highest BCUT2D eigenvalue weighted by Crippen LogP contribution is 2.27. The Morgan fingerprint density at radius 3 is 2.70 bits per heavy atom. The van der Waals surface area contributed by atoms with E-state index in [1.54, 1.807) is 24.3 Å². The van der Waals surface area contributed by atoms with Crippen LogP contribution in [0.2, 0.25) is 5.02 Å². The van der Waals surface area contributed by atoms with Gasteiger partial charge < -0.3 is 31.4 Å². The summed E-state index contributed by atoms with van der Waals surface area (Å²) < 4.78 is 5.39. The average molecular weight is 532 g/mol. The number of amides is 3. The molecule has 1 aliphatic rings. The van der Waals surface area contributed by atoms with Crippen LogP contribution in [0.4, 0.5) is 10.5 Å². The maximum atomic E-state index is 13.5. The first kappa shape index (κ1) is 27.6. The lowest BCUT2D eigenvalue weighted by Crippen LogP contribution is -2.48. The van der Waals surface area contributed by atoms with Crippen LogP contribution in [0.5, 0.6) is 5.75 Å². The number of aromatic carboxylic acids is 1. The quantitative estimate of drug-likeness (QED) is 0.196. The highest BCUT2D eigenvalue weighted by molar-refractivity contribution is 6.30. The zero-order valence-electron chi connectivity index (χ0n) is 20.5. The van der Waals surface area contributed by atoms with Gasteiger partial charge in [0, 0.05) is 17.3 Å². The Labute approximate surface area is 219 Å². The van der Waals surface area contributed by atoms with Crippen LogP contribution in [0.25, 0.3) is 0 Å². The Balaban J connectivity index is 1.86. The Kier molecular flexibility index (Phi) is 9.18. The third-order valence-electron chi connectivity index (χ3n) is 6.13. The SMILES string of the molecule is CCC[C@@H](NC(=O)N1C/C(=N\O)NC[C@H](Cc2cc(Cl)ccc2OC)C1=O)c1ccc(C(=O)O)c(N)c1. The van der Waals surface area contributed by atoms with Gasteiger partial charge in [-0.1, -0.05) is 36.2 Å². The number of methoxy groups -OCH3 is 1. The minimum atomic E-state index is -1.15. The standard InChI is InChI=1S/C25H30ClN5O6/c1-3-4-20(14-5-7-18(24(33)34)19(27)11-14)29-25(35)31-13-22(30-36)28-12-16(23(31)32)9-15-10-17(26)6-8-21(15)37-2/h5-8,10-11,16,20,36H,3-4,9,12-13,27H2,1-2H3,(H,28,30)(H,29,35)(H,33,34)/t16-,20+/m0/s1. The number of carbonyl (C=O) groups is 3. The van der Waals surface area contributed by atoms with Crippen LogP contribution in [0, 0.1) is 5.92 Å². The molecule has 0 aliphatic carbocycles. The van der Waals surface area contributed by atoms with Crippen LogP contribution in [0.3, 0.4) is 0 Å². The second-order valence-corrected chi connectivity index (χ2v) is 9.09. The summed E-state index contributed by atoms with van der Waals surface area (Å²) in [7, 11) is 1.51. The fourth-order valence-electron chi connectivity index (χ4n) is 4.23. The molecule has 3 amide bonds. The van der Waals surface area contributed by atoms with Crippen LogP contribution in [-0.4, -0.2) is 59.2 Å². The van der Waals surface area contributed by atoms with Gasteiger partial charge >= 0.3 is 12.0 Å². The number of hydrogen-bond donors (Lipinski definition) is 5. The van der Waals surface area contributed by atoms with E-state index in [0.29, 0.717) is 34.7 Å². The number of amidine groups is 1. The highest BCUT2D eigenvalue weighted by atomic mass is 35.5. The predicted octanol–water partition coefficient (Wildman–Crippen LogP) is 3.26. The number of nitrogen functional groups attached to an aromatic ring is 1. The number of benzene rings is 2. The number of hydrogen-bond acceptors (Lipinski definition) is 7. The Morgan fingerprint density at radius 2 is 2.08 bits per heavy atom. The van der Waals surface area contributed by atoms with E-state index in [4.69, 9.17) is 22.1 Å². The number of halogens is 1. The summed E-state index contributed by atoms with van der Waals surface area (Å²) in [6.45, 7) is 1.80. The molecule has 1 heterocycles. The second-order valence-electron chi connectivity index (χ2n) is 8.65. The van der Waals surface area contributed by atoms with E-state index in [0.717, 1.165) is 4.90 Å². The summed E-state index contributed by atoms with van der Waals surface area (Å²) in [6, 6.07) is 8.33. The van der Waals surface area contributed by atoms with Crippen molar-refractivity contribution in [3.8, 4) is 5.75 Å². The number of anilines is 1. The van der Waals surface area contributed by atoms with Gasteiger partial charge in [-0.2, -0.15) is 0 Å². The van der Waals surface area contributed by atoms with Gasteiger partial charge in [0.25, 0.3) is 0 Å². The fraction of sp³-hybridized carbons (Fsp3) is 0.360. The summed E-state index contributed by atoms with van der Waals surface area (Å²) in [4.78, 5) is 39.2. The molecule has 2 aromatic carbocycles. The summed E-state index contributed by atoms with van der Waals surface area (Å²) >= 11 is 6.14. The number of urea groups is 1. The maximum absolute atomic E-state index is 13.5. The maximum Gasteiger partial charge on any atom is 0.337 e. The number of carbonyl (C=O) groups excluding carboxylic acids is 2. The first-order valence-corrected chi connectivity index (χ1v) is 12.1. The first-order valence-electron chi connectivity index (χ1n) is 11.7. The normalized spacial score (nSPS) is 17.6. The molecule has 0 saturated carbocycles. The fourth-order valence-corrected chi connectivity index (χ4v) is 4.43. The highest BCUT2D eigenvalue weighted by Gasteiger charge is 2.35. The van der Waals surface area contributed by atoms with Crippen molar-refractivity contribution < 1.29 is 29.4 Å². The van der Waals surface area contributed by atoms with Crippen molar-refractivity contribution in [1.82, 2.24) is 15.5 Å². The Hall–Kier alpha value is -3.99. The van der Waals surface area contributed by atoms with E-state index < -0.39 is 29.9 Å². The number of oxime groups is 1. The molecule has 0 unspecified atom stereocenters. The molecule has 1 fully saturated rings. The number of ether oxygens (including phenoxy) is 1. The molecule has 0 aromatic heterocycles. The molecule has 0 bridgehead atoms. The number of rotatable bonds is 8. The van der Waals surface area contributed by atoms with E-state index in [9.17, 15) is 24.7 Å². The summed E-state index contributed by atoms with van der Waals surface area (Å²) in [5, 5.41) is 28.1. The molecular weight excluding hydrogens is 502 g/mol. The number of carboxylic acids is 1. The number of imide groups is 1. The van der Waals surface area contributed by atoms with Crippen LogP contribution in [0.1, 0.15) is 47.3 Å². The topological polar surface area (TPSA) is 167 Å². The van der Waals surface area contributed by atoms with Gasteiger partial charge in [0.05, 0.1) is 31.2 Å². The van der Waals surface area contributed by atoms with Gasteiger partial charge in [0.2, 0.25) is 5.91 Å². The molecule has 6 N–H and O–H groups in total. The Morgan fingerprint density at radius 1 is 1.32 bits per heavy atom. The van der Waals surface area contributed by atoms with Crippen LogP contribution in [-0.2, 0) is 11.2 Å². The van der Waals surface area contributed by atoms with Crippen molar-refractivity contribution in [2.75, 3.05) is 25.9 Å². The summed E-state index contributed by atoms with van der Waals surface area (Å²) in [5.41, 5.74) is 7.23. The van der Waals surface area contributed by atoms with E-state index in [-0.39, 0.29) is 36.6 Å². The van der Waals surface area contributed by atoms with Crippen molar-refractivity contribution in [1.29, 1.82) is 0 Å². The lowest BCUT2D eigenvalue weighted by molar-refractivity contribution is -0.131. The lowest BCUT2D eigenvalue weighted by atomic mass is 9.97. The van der Waals surface area contributed by atoms with E-state index in [2.05, 4.69) is 15.8 Å². The van der Waals surface area contributed by atoms with Gasteiger partial charge in [-0.3, -0.25) is 9.69 Å². The van der Waals surface area contributed by atoms with Gasteiger partial charge in [-0.05, 0) is 54.3 Å². The van der Waals surface area contributed by atoms with E-state index in [1.807, 2.05) is 6.92 Å². The summed E-state index contributed by atoms with van der Waals surface area (Å²) in [5.74, 6) is -1.69. The molecule has 1 aliphatic heterocycles. The van der Waals surface area contributed by atoms with Crippen LogP contribution >= 0.6 is 11.6 Å². The van der Waals surface area contributed by atoms with Crippen molar-refractivity contribution in [2.24, 2.45) is 11.1 Å². The molecule has 3 rings (SSSR count). The van der Waals surface area contributed by atoms with Crippen LogP contribution in [0.15, 0.2) is 41.6 Å². The monoisotopic (exact) mass is 531 g/mol. The molecule has 0 radical (unpaired) electrons. The molecule has 2 atom stereocenters. The molecule has 2 aromatic rings. The molecular formula is C25H30ClN5O6. The van der Waals surface area contributed by atoms with Gasteiger partial charge in [0.1, 0.15) is 5.75 Å². The number of nitrogens with one attached hydrogen (secondary N) is 2. The van der Waals surface area contributed by atoms with Crippen molar-refractivity contribution >= 4 is 41.0 Å². The third-order valence-corrected chi connectivity index (χ3v) is 6.37. The Bertz CT molecular complexity index is 1200. The zero-order chi connectivity index (χ0) is 27.1. The lowest BCUT2D eigenvalue weighted by Gasteiger charge is -2.26. The van der Waals surface area contributed by atoms with E-state index in [1.165, 1.54) is 19.2 Å². The zero-order valence-corrected chi connectivity index (χ0v) is 21.3. The largest absolute Gasteiger partial charge is 0.496 e. The average Bonchev–Trinajstić information content (AvgIpc) is 3.02. The first-order chi connectivity index (χ1) is 17.7. The van der Waals surface area contributed by atoms with Crippen molar-refractivity contribution in [3.63, 3.8) is 0 Å². The minimum absolute atomic E-state index is 0.0396. The molecule has 11 nitrogen and oxygen atoms in total. The van der Waals surface area contributed by atoms with Gasteiger partial charge in [-0.15, -0.1) is 0 Å². The molecule has 1 saturated heterocycles. The molecule has 198 valence electrons. The predicted molar refractivity (Wildman–Crippen MR) is 138 cm³/mol. The number of nitrogens with two attached hydrogens (primary N) is 1. The minimum Gasteiger partial charge on any atom is -0.496 e. The van der Waals surface area contributed by atoms with Gasteiger partial charge in [-0.25, -0.2) is 9.59 Å². The number of nitrogens with zero attached hydrogens (tertiary/aromatic N) is 2. The van der Waals surface area contributed by atoms with Crippen molar-refractivity contribution in [3.05, 3.63) is 58.1 Å². The summed E-state index contributed by atoms with van der Waals surface area (Å²) in [6.07, 6.45) is 1.44. The molecule has 37 heavy (non-hydrogen) atoms. The third kappa shape index (κ3) is 6.62. The van der Waals surface area contributed by atoms with Crippen LogP contribution < -0.4 is 21.1 Å². The number of carboxylic acid groups (broad SMARTS) is 1. The van der Waals surface area contributed by atoms with Gasteiger partial charge in [0.15, 0.2) is 5.84 Å². The smallest absolute Gasteiger partial charge is 0.337 e. The molecule has 0 spiro atoms. The molecule has 12 heteroatoms. The van der Waals surface area contributed by atoms with Crippen molar-refractivity contribution in [2.45, 2.75) is 32.2 Å². The second kappa shape index (κ2) is 12.3. The van der Waals surface area contributed by atoms with E-state index >= 15 is 0 Å².